The molecule has 2 N–H and O–H groups in total. The lowest BCUT2D eigenvalue weighted by Gasteiger charge is -2.25. The molecule has 1 aliphatic rings. The van der Waals surface area contributed by atoms with Gasteiger partial charge in [0.15, 0.2) is 0 Å². The van der Waals surface area contributed by atoms with E-state index in [-0.39, 0.29) is 11.9 Å². The molecule has 0 heterocycles. The van der Waals surface area contributed by atoms with Gasteiger partial charge in [-0.15, -0.1) is 0 Å². The molecule has 17 heavy (non-hydrogen) atoms. The average molecular weight is 257 g/mol. The predicted octanol–water partition coefficient (Wildman–Crippen LogP) is 1.52. The van der Waals surface area contributed by atoms with E-state index in [0.29, 0.717) is 12.8 Å². The van der Waals surface area contributed by atoms with Gasteiger partial charge in [-0.2, -0.15) is 11.8 Å². The zero-order valence-electron chi connectivity index (χ0n) is 10.2. The Morgan fingerprint density at radius 1 is 1.41 bits per heavy atom. The third-order valence-corrected chi connectivity index (χ3v) is 3.73. The molecule has 0 saturated carbocycles. The van der Waals surface area contributed by atoms with Crippen molar-refractivity contribution in [1.29, 1.82) is 0 Å². The Hall–Kier alpha value is -0.970. The van der Waals surface area contributed by atoms with Crippen molar-refractivity contribution in [3.63, 3.8) is 0 Å². The molecule has 0 aromatic rings. The van der Waals surface area contributed by atoms with Crippen LogP contribution in [0.25, 0.3) is 0 Å². The number of nitrogens with one attached hydrogen (secondary N) is 1. The molecule has 96 valence electrons. The summed E-state index contributed by atoms with van der Waals surface area (Å²) >= 11 is 1.66. The number of carboxylic acid groups (broad SMARTS) is 1. The second-order valence-corrected chi connectivity index (χ2v) is 5.27. The minimum absolute atomic E-state index is 0.0813. The van der Waals surface area contributed by atoms with Gasteiger partial charge in [-0.1, -0.05) is 12.2 Å². The summed E-state index contributed by atoms with van der Waals surface area (Å²) in [5.41, 5.74) is 0. The fraction of sp³-hybridized carbons (Fsp3) is 0.667. The monoisotopic (exact) mass is 257 g/mol. The van der Waals surface area contributed by atoms with Crippen LogP contribution in [0.4, 0.5) is 0 Å². The van der Waals surface area contributed by atoms with Gasteiger partial charge >= 0.3 is 5.97 Å². The Morgan fingerprint density at radius 2 is 2.00 bits per heavy atom. The lowest BCUT2D eigenvalue weighted by Crippen LogP contribution is -2.43. The zero-order valence-corrected chi connectivity index (χ0v) is 11.0. The first-order valence-electron chi connectivity index (χ1n) is 5.73. The number of hydrogen-bond donors (Lipinski definition) is 2. The summed E-state index contributed by atoms with van der Waals surface area (Å²) in [5.74, 6) is -1.19. The van der Waals surface area contributed by atoms with Gasteiger partial charge in [0.2, 0.25) is 5.91 Å². The first-order chi connectivity index (χ1) is 8.06. The lowest BCUT2D eigenvalue weighted by molar-refractivity contribution is -0.147. The zero-order chi connectivity index (χ0) is 12.8. The predicted molar refractivity (Wildman–Crippen MR) is 69.0 cm³/mol. The molecule has 4 nitrogen and oxygen atoms in total. The topological polar surface area (TPSA) is 66.4 Å². The number of carboxylic acids is 1. The van der Waals surface area contributed by atoms with E-state index in [1.807, 2.05) is 25.3 Å². The normalized spacial score (nSPS) is 25.3. The van der Waals surface area contributed by atoms with E-state index in [2.05, 4.69) is 5.32 Å². The van der Waals surface area contributed by atoms with E-state index in [0.717, 1.165) is 5.75 Å². The van der Waals surface area contributed by atoms with E-state index in [1.165, 1.54) is 0 Å². The van der Waals surface area contributed by atoms with E-state index in [9.17, 15) is 9.59 Å². The SMILES string of the molecule is CSCC(C)NC(=O)[C@@H]1CC=CC[C@@H]1C(=O)O. The van der Waals surface area contributed by atoms with Crippen molar-refractivity contribution in [3.05, 3.63) is 12.2 Å². The number of thioether (sulfide) groups is 1. The van der Waals surface area contributed by atoms with Gasteiger partial charge in [0.1, 0.15) is 0 Å². The summed E-state index contributed by atoms with van der Waals surface area (Å²) in [7, 11) is 0. The maximum absolute atomic E-state index is 12.0. The number of amides is 1. The van der Waals surface area contributed by atoms with Crippen molar-refractivity contribution >= 4 is 23.6 Å². The number of aliphatic carboxylic acids is 1. The number of hydrogen-bond acceptors (Lipinski definition) is 3. The number of carbonyl (C=O) groups is 2. The lowest BCUT2D eigenvalue weighted by atomic mass is 9.82. The molecule has 1 amide bonds. The first kappa shape index (κ1) is 14.1. The Balaban J connectivity index is 2.60. The maximum Gasteiger partial charge on any atom is 0.307 e. The van der Waals surface area contributed by atoms with Crippen molar-refractivity contribution in [2.24, 2.45) is 11.8 Å². The van der Waals surface area contributed by atoms with E-state index >= 15 is 0 Å². The molecule has 1 aliphatic carbocycles. The molecular formula is C12H19NO3S. The highest BCUT2D eigenvalue weighted by molar-refractivity contribution is 7.98. The third-order valence-electron chi connectivity index (χ3n) is 2.89. The summed E-state index contributed by atoms with van der Waals surface area (Å²) < 4.78 is 0. The number of rotatable bonds is 5. The van der Waals surface area contributed by atoms with E-state index < -0.39 is 17.8 Å². The van der Waals surface area contributed by atoms with Gasteiger partial charge in [-0.05, 0) is 26.0 Å². The summed E-state index contributed by atoms with van der Waals surface area (Å²) in [6, 6.07) is 0.0813. The molecule has 0 aliphatic heterocycles. The smallest absolute Gasteiger partial charge is 0.307 e. The largest absolute Gasteiger partial charge is 0.481 e. The summed E-state index contributed by atoms with van der Waals surface area (Å²) in [6.07, 6.45) is 6.68. The van der Waals surface area contributed by atoms with Gasteiger partial charge < -0.3 is 10.4 Å². The van der Waals surface area contributed by atoms with Crippen molar-refractivity contribution < 1.29 is 14.7 Å². The highest BCUT2D eigenvalue weighted by atomic mass is 32.2. The van der Waals surface area contributed by atoms with Crippen LogP contribution in [0.5, 0.6) is 0 Å². The Bertz CT molecular complexity index is 317. The molecule has 0 aromatic carbocycles. The molecule has 3 atom stereocenters. The van der Waals surface area contributed by atoms with Crippen molar-refractivity contribution in [2.45, 2.75) is 25.8 Å². The molecule has 1 unspecified atom stereocenters. The van der Waals surface area contributed by atoms with Crippen LogP contribution in [-0.2, 0) is 9.59 Å². The number of allylic oxidation sites excluding steroid dienone is 2. The van der Waals surface area contributed by atoms with Crippen molar-refractivity contribution in [2.75, 3.05) is 12.0 Å². The fourth-order valence-electron chi connectivity index (χ4n) is 2.02. The summed E-state index contributed by atoms with van der Waals surface area (Å²) in [4.78, 5) is 23.0. The third kappa shape index (κ3) is 4.07. The van der Waals surface area contributed by atoms with Crippen LogP contribution in [0.2, 0.25) is 0 Å². The second kappa shape index (κ2) is 6.69. The molecular weight excluding hydrogens is 238 g/mol. The minimum atomic E-state index is -0.882. The summed E-state index contributed by atoms with van der Waals surface area (Å²) in [5, 5.41) is 12.0. The Kier molecular flexibility index (Phi) is 5.55. The van der Waals surface area contributed by atoms with Crippen LogP contribution in [0, 0.1) is 11.8 Å². The van der Waals surface area contributed by atoms with Gasteiger partial charge in [-0.3, -0.25) is 9.59 Å². The maximum atomic E-state index is 12.0. The van der Waals surface area contributed by atoms with Crippen LogP contribution in [0.1, 0.15) is 19.8 Å². The number of carbonyl (C=O) groups excluding carboxylic acids is 1. The van der Waals surface area contributed by atoms with Crippen molar-refractivity contribution in [1.82, 2.24) is 5.32 Å². The standard InChI is InChI=1S/C12H19NO3S/c1-8(7-17-2)13-11(14)9-5-3-4-6-10(9)12(15)16/h3-4,8-10H,5-7H2,1-2H3,(H,13,14)(H,15,16)/t8?,9-,10+/m1/s1. The van der Waals surface area contributed by atoms with Crippen LogP contribution < -0.4 is 5.32 Å². The molecule has 0 fully saturated rings. The quantitative estimate of drug-likeness (QED) is 0.733. The van der Waals surface area contributed by atoms with Crippen LogP contribution in [-0.4, -0.2) is 35.0 Å². The van der Waals surface area contributed by atoms with Gasteiger partial charge in [-0.25, -0.2) is 0 Å². The molecule has 0 aromatic heterocycles. The minimum Gasteiger partial charge on any atom is -0.481 e. The first-order valence-corrected chi connectivity index (χ1v) is 7.12. The highest BCUT2D eigenvalue weighted by Gasteiger charge is 2.34. The summed E-state index contributed by atoms with van der Waals surface area (Å²) in [6.45, 7) is 1.93. The fourth-order valence-corrected chi connectivity index (χ4v) is 2.60. The van der Waals surface area contributed by atoms with Crippen molar-refractivity contribution in [3.8, 4) is 0 Å². The molecule has 0 radical (unpaired) electrons. The van der Waals surface area contributed by atoms with Crippen LogP contribution >= 0.6 is 11.8 Å². The van der Waals surface area contributed by atoms with Gasteiger partial charge in [0.25, 0.3) is 0 Å². The molecule has 5 heteroatoms. The van der Waals surface area contributed by atoms with Gasteiger partial charge in [0, 0.05) is 11.8 Å². The highest BCUT2D eigenvalue weighted by Crippen LogP contribution is 2.26. The Labute approximate surface area is 106 Å². The second-order valence-electron chi connectivity index (χ2n) is 4.36. The molecule has 0 spiro atoms. The molecule has 1 rings (SSSR count). The van der Waals surface area contributed by atoms with E-state index in [4.69, 9.17) is 5.11 Å². The average Bonchev–Trinajstić information content (AvgIpc) is 2.29. The molecule has 0 bridgehead atoms. The Morgan fingerprint density at radius 3 is 2.53 bits per heavy atom. The van der Waals surface area contributed by atoms with Gasteiger partial charge in [0.05, 0.1) is 11.8 Å². The van der Waals surface area contributed by atoms with E-state index in [1.54, 1.807) is 11.8 Å². The van der Waals surface area contributed by atoms with Crippen LogP contribution in [0.15, 0.2) is 12.2 Å². The molecule has 0 saturated heterocycles. The van der Waals surface area contributed by atoms with Crippen LogP contribution in [0.3, 0.4) is 0 Å².